The van der Waals surface area contributed by atoms with Gasteiger partial charge in [-0.1, -0.05) is 53.0 Å². The van der Waals surface area contributed by atoms with Crippen LogP contribution in [-0.4, -0.2) is 9.67 Å². The van der Waals surface area contributed by atoms with Crippen LogP contribution in [0.25, 0.3) is 10.9 Å². The Morgan fingerprint density at radius 3 is 2.26 bits per heavy atom. The van der Waals surface area contributed by atoms with Crippen molar-refractivity contribution in [1.82, 2.24) is 4.57 Å². The predicted octanol–water partition coefficient (Wildman–Crippen LogP) is 6.74. The fraction of sp³-hybridized carbons (Fsp3) is 0.125. The van der Waals surface area contributed by atoms with Crippen molar-refractivity contribution in [3.8, 4) is 5.88 Å². The van der Waals surface area contributed by atoms with Gasteiger partial charge >= 0.3 is 0 Å². The standard InChI is InChI=1S/C16H12Cl3N3O/c1-2-22-13-6-4-3-5-10(13)14(16(22)23)20-21-15-11(18)7-9(17)8-12(15)19/h3-8,23H,2H2,1H3. The molecular formula is C16H12Cl3N3O. The van der Waals surface area contributed by atoms with Crippen molar-refractivity contribution in [3.05, 3.63) is 51.5 Å². The van der Waals surface area contributed by atoms with Crippen molar-refractivity contribution in [1.29, 1.82) is 0 Å². The third-order valence-electron chi connectivity index (χ3n) is 3.47. The molecule has 0 radical (unpaired) electrons. The second-order valence-corrected chi connectivity index (χ2v) is 6.10. The molecule has 0 unspecified atom stereocenters. The van der Waals surface area contributed by atoms with Gasteiger partial charge in [-0.15, -0.1) is 10.2 Å². The van der Waals surface area contributed by atoms with Crippen LogP contribution < -0.4 is 0 Å². The molecule has 1 N–H and O–H groups in total. The summed E-state index contributed by atoms with van der Waals surface area (Å²) >= 11 is 18.1. The molecule has 0 saturated heterocycles. The van der Waals surface area contributed by atoms with E-state index in [-0.39, 0.29) is 5.88 Å². The lowest BCUT2D eigenvalue weighted by Gasteiger charge is -2.02. The molecule has 0 bridgehead atoms. The predicted molar refractivity (Wildman–Crippen MR) is 94.9 cm³/mol. The number of halogens is 3. The zero-order chi connectivity index (χ0) is 16.6. The highest BCUT2D eigenvalue weighted by atomic mass is 35.5. The van der Waals surface area contributed by atoms with Crippen molar-refractivity contribution in [2.45, 2.75) is 13.5 Å². The van der Waals surface area contributed by atoms with Crippen LogP contribution in [0.4, 0.5) is 11.4 Å². The first kappa shape index (κ1) is 16.1. The molecule has 0 saturated carbocycles. The van der Waals surface area contributed by atoms with Gasteiger partial charge in [0.15, 0.2) is 5.69 Å². The van der Waals surface area contributed by atoms with Crippen molar-refractivity contribution in [3.63, 3.8) is 0 Å². The number of azo groups is 1. The van der Waals surface area contributed by atoms with E-state index in [2.05, 4.69) is 10.2 Å². The Labute approximate surface area is 147 Å². The van der Waals surface area contributed by atoms with Gasteiger partial charge in [0, 0.05) is 17.0 Å². The molecule has 0 aliphatic rings. The number of aryl methyl sites for hydroxylation is 1. The molecule has 3 aromatic rings. The van der Waals surface area contributed by atoms with E-state index in [1.165, 1.54) is 0 Å². The van der Waals surface area contributed by atoms with E-state index >= 15 is 0 Å². The minimum Gasteiger partial charge on any atom is -0.493 e. The fourth-order valence-electron chi connectivity index (χ4n) is 2.42. The first-order chi connectivity index (χ1) is 11.0. The van der Waals surface area contributed by atoms with Crippen LogP contribution in [0.1, 0.15) is 6.92 Å². The lowest BCUT2D eigenvalue weighted by Crippen LogP contribution is -1.91. The summed E-state index contributed by atoms with van der Waals surface area (Å²) in [5, 5.41) is 20.5. The third kappa shape index (κ3) is 2.90. The molecular weight excluding hydrogens is 357 g/mol. The topological polar surface area (TPSA) is 49.9 Å². The summed E-state index contributed by atoms with van der Waals surface area (Å²) in [5.41, 5.74) is 1.57. The maximum absolute atomic E-state index is 10.4. The highest BCUT2D eigenvalue weighted by molar-refractivity contribution is 6.41. The molecule has 0 aliphatic carbocycles. The minimum atomic E-state index is 0.0543. The molecule has 3 rings (SSSR count). The molecule has 1 aromatic heterocycles. The largest absolute Gasteiger partial charge is 0.493 e. The Bertz CT molecular complexity index is 895. The van der Waals surface area contributed by atoms with Crippen LogP contribution in [0.5, 0.6) is 5.88 Å². The molecule has 4 nitrogen and oxygen atoms in total. The number of rotatable bonds is 3. The molecule has 7 heteroatoms. The zero-order valence-electron chi connectivity index (χ0n) is 12.1. The van der Waals surface area contributed by atoms with Crippen LogP contribution in [0, 0.1) is 0 Å². The number of hydrogen-bond acceptors (Lipinski definition) is 3. The summed E-state index contributed by atoms with van der Waals surface area (Å²) < 4.78 is 1.76. The van der Waals surface area contributed by atoms with Crippen LogP contribution >= 0.6 is 34.8 Å². The first-order valence-corrected chi connectivity index (χ1v) is 8.02. The number of aromatic hydroxyl groups is 1. The summed E-state index contributed by atoms with van der Waals surface area (Å²) in [7, 11) is 0. The monoisotopic (exact) mass is 367 g/mol. The summed E-state index contributed by atoms with van der Waals surface area (Å²) in [5.74, 6) is 0.0543. The maximum atomic E-state index is 10.4. The van der Waals surface area contributed by atoms with Crippen molar-refractivity contribution < 1.29 is 5.11 Å². The lowest BCUT2D eigenvalue weighted by molar-refractivity contribution is 0.427. The maximum Gasteiger partial charge on any atom is 0.220 e. The van der Waals surface area contributed by atoms with Crippen LogP contribution in [0.15, 0.2) is 46.6 Å². The third-order valence-corrected chi connectivity index (χ3v) is 4.26. The molecule has 118 valence electrons. The van der Waals surface area contributed by atoms with Gasteiger partial charge in [0.25, 0.3) is 0 Å². The normalized spacial score (nSPS) is 11.7. The van der Waals surface area contributed by atoms with Gasteiger partial charge in [-0.3, -0.25) is 0 Å². The van der Waals surface area contributed by atoms with Crippen LogP contribution in [0.3, 0.4) is 0 Å². The summed E-state index contributed by atoms with van der Waals surface area (Å²) in [6.45, 7) is 2.56. The van der Waals surface area contributed by atoms with Crippen LogP contribution in [-0.2, 0) is 6.54 Å². The van der Waals surface area contributed by atoms with E-state index in [1.807, 2.05) is 31.2 Å². The zero-order valence-corrected chi connectivity index (χ0v) is 14.4. The first-order valence-electron chi connectivity index (χ1n) is 6.89. The Kier molecular flexibility index (Phi) is 4.48. The molecule has 1 heterocycles. The molecule has 23 heavy (non-hydrogen) atoms. The van der Waals surface area contributed by atoms with Gasteiger partial charge in [-0.2, -0.15) is 0 Å². The SMILES string of the molecule is CCn1c(O)c(N=Nc2c(Cl)cc(Cl)cc2Cl)c2ccccc21. The van der Waals surface area contributed by atoms with E-state index in [0.29, 0.717) is 33.0 Å². The van der Waals surface area contributed by atoms with E-state index in [4.69, 9.17) is 34.8 Å². The summed E-state index contributed by atoms with van der Waals surface area (Å²) in [4.78, 5) is 0. The Morgan fingerprint density at radius 1 is 1.00 bits per heavy atom. The second kappa shape index (κ2) is 6.40. The highest BCUT2D eigenvalue weighted by Crippen LogP contribution is 2.41. The number of benzene rings is 2. The lowest BCUT2D eigenvalue weighted by atomic mass is 10.2. The minimum absolute atomic E-state index is 0.0543. The second-order valence-electron chi connectivity index (χ2n) is 4.85. The van der Waals surface area contributed by atoms with Gasteiger partial charge in [0.05, 0.1) is 15.6 Å². The quantitative estimate of drug-likeness (QED) is 0.511. The van der Waals surface area contributed by atoms with Crippen molar-refractivity contribution in [2.75, 3.05) is 0 Å². The van der Waals surface area contributed by atoms with E-state index in [1.54, 1.807) is 16.7 Å². The molecule has 0 fully saturated rings. The van der Waals surface area contributed by atoms with Gasteiger partial charge < -0.3 is 9.67 Å². The highest BCUT2D eigenvalue weighted by Gasteiger charge is 2.15. The Morgan fingerprint density at radius 2 is 1.61 bits per heavy atom. The van der Waals surface area contributed by atoms with Gasteiger partial charge in [0.1, 0.15) is 5.69 Å². The van der Waals surface area contributed by atoms with Crippen molar-refractivity contribution >= 4 is 57.1 Å². The Balaban J connectivity index is 2.14. The molecule has 0 spiro atoms. The number of para-hydroxylation sites is 1. The Hall–Kier alpha value is -1.75. The number of nitrogens with zero attached hydrogens (tertiary/aromatic N) is 3. The van der Waals surface area contributed by atoms with Crippen molar-refractivity contribution in [2.24, 2.45) is 10.2 Å². The van der Waals surface area contributed by atoms with Gasteiger partial charge in [-0.05, 0) is 25.1 Å². The van der Waals surface area contributed by atoms with Gasteiger partial charge in [0.2, 0.25) is 5.88 Å². The fourth-order valence-corrected chi connectivity index (χ4v) is 3.31. The molecule has 0 amide bonds. The average Bonchev–Trinajstić information content (AvgIpc) is 2.78. The number of fused-ring (bicyclic) bond motifs is 1. The number of aromatic nitrogens is 1. The smallest absolute Gasteiger partial charge is 0.220 e. The van der Waals surface area contributed by atoms with E-state index < -0.39 is 0 Å². The summed E-state index contributed by atoms with van der Waals surface area (Å²) in [6, 6.07) is 10.7. The molecule has 2 aromatic carbocycles. The van der Waals surface area contributed by atoms with E-state index in [9.17, 15) is 5.11 Å². The average molecular weight is 369 g/mol. The number of hydrogen-bond donors (Lipinski definition) is 1. The molecule has 0 aliphatic heterocycles. The van der Waals surface area contributed by atoms with Crippen LogP contribution in [0.2, 0.25) is 15.1 Å². The molecule has 0 atom stereocenters. The van der Waals surface area contributed by atoms with E-state index in [0.717, 1.165) is 10.9 Å². The van der Waals surface area contributed by atoms with Gasteiger partial charge in [-0.25, -0.2) is 0 Å². The summed E-state index contributed by atoms with van der Waals surface area (Å²) in [6.07, 6.45) is 0.